The van der Waals surface area contributed by atoms with Crippen molar-refractivity contribution in [1.29, 1.82) is 0 Å². The summed E-state index contributed by atoms with van der Waals surface area (Å²) in [4.78, 5) is 3.40. The van der Waals surface area contributed by atoms with Crippen LogP contribution in [-0.4, -0.2) is 35.2 Å². The largest absolute Gasteiger partial charge is 0.377 e. The summed E-state index contributed by atoms with van der Waals surface area (Å²) < 4.78 is 0. The normalized spacial score (nSPS) is 31.6. The lowest BCUT2D eigenvalue weighted by Gasteiger charge is -2.42. The van der Waals surface area contributed by atoms with Gasteiger partial charge in [0.15, 0.2) is 0 Å². The lowest BCUT2D eigenvalue weighted by atomic mass is 9.80. The lowest BCUT2D eigenvalue weighted by Crippen LogP contribution is -2.52. The van der Waals surface area contributed by atoms with Crippen LogP contribution in [0.25, 0.3) is 0 Å². The van der Waals surface area contributed by atoms with Crippen LogP contribution in [0.1, 0.15) is 20.3 Å². The summed E-state index contributed by atoms with van der Waals surface area (Å²) >= 11 is 1.48. The molecule has 0 bridgehead atoms. The standard InChI is InChI=1S/C16H21NOS/c1-13-12-17(3)14(2)11-16(13,18)9-10-19-15-7-5-4-6-8-15/h4-8,13-14,18H,11-12H2,1-3H3. The molecule has 0 amide bonds. The first-order valence-corrected chi connectivity index (χ1v) is 7.49. The minimum atomic E-state index is -0.853. The molecule has 1 aliphatic rings. The molecule has 1 saturated heterocycles. The van der Waals surface area contributed by atoms with Crippen molar-refractivity contribution in [2.24, 2.45) is 5.92 Å². The molecular weight excluding hydrogens is 254 g/mol. The zero-order valence-electron chi connectivity index (χ0n) is 11.8. The fourth-order valence-corrected chi connectivity index (χ4v) is 3.04. The molecule has 0 saturated carbocycles. The zero-order chi connectivity index (χ0) is 13.9. The van der Waals surface area contributed by atoms with E-state index in [0.29, 0.717) is 12.5 Å². The van der Waals surface area contributed by atoms with E-state index < -0.39 is 5.60 Å². The second-order valence-electron chi connectivity index (χ2n) is 5.46. The van der Waals surface area contributed by atoms with Gasteiger partial charge in [0, 0.05) is 29.8 Å². The fourth-order valence-electron chi connectivity index (χ4n) is 2.41. The third-order valence-corrected chi connectivity index (χ3v) is 4.63. The van der Waals surface area contributed by atoms with Crippen molar-refractivity contribution >= 4 is 11.8 Å². The Morgan fingerprint density at radius 1 is 1.32 bits per heavy atom. The Hall–Kier alpha value is -0.950. The number of thioether (sulfide) groups is 1. The minimum Gasteiger partial charge on any atom is -0.377 e. The first-order chi connectivity index (χ1) is 9.01. The summed E-state index contributed by atoms with van der Waals surface area (Å²) in [7, 11) is 2.10. The number of nitrogens with zero attached hydrogens (tertiary/aromatic N) is 1. The van der Waals surface area contributed by atoms with Gasteiger partial charge in [-0.05, 0) is 43.1 Å². The molecule has 1 N–H and O–H groups in total. The van der Waals surface area contributed by atoms with Crippen molar-refractivity contribution in [3.05, 3.63) is 30.3 Å². The molecule has 3 heteroatoms. The third kappa shape index (κ3) is 3.54. The quantitative estimate of drug-likeness (QED) is 0.630. The van der Waals surface area contributed by atoms with Gasteiger partial charge in [-0.15, -0.1) is 0 Å². The van der Waals surface area contributed by atoms with E-state index in [9.17, 15) is 5.11 Å². The van der Waals surface area contributed by atoms with Gasteiger partial charge in [0.1, 0.15) is 5.60 Å². The highest BCUT2D eigenvalue weighted by atomic mass is 32.2. The van der Waals surface area contributed by atoms with Gasteiger partial charge >= 0.3 is 0 Å². The summed E-state index contributed by atoms with van der Waals surface area (Å²) in [6, 6.07) is 10.4. The van der Waals surface area contributed by atoms with Gasteiger partial charge in [0.2, 0.25) is 0 Å². The molecule has 3 atom stereocenters. The predicted octanol–water partition coefficient (Wildman–Crippen LogP) is 2.83. The van der Waals surface area contributed by atoms with E-state index in [0.717, 1.165) is 11.4 Å². The fraction of sp³-hybridized carbons (Fsp3) is 0.500. The lowest BCUT2D eigenvalue weighted by molar-refractivity contribution is -0.0346. The van der Waals surface area contributed by atoms with Gasteiger partial charge in [0.05, 0.1) is 0 Å². The average molecular weight is 275 g/mol. The van der Waals surface area contributed by atoms with Crippen LogP contribution in [0.15, 0.2) is 35.2 Å². The van der Waals surface area contributed by atoms with Crippen molar-refractivity contribution in [1.82, 2.24) is 4.90 Å². The molecule has 0 spiro atoms. The topological polar surface area (TPSA) is 23.5 Å². The Kier molecular flexibility index (Phi) is 4.57. The molecule has 1 aromatic carbocycles. The van der Waals surface area contributed by atoms with Gasteiger partial charge in [0.25, 0.3) is 0 Å². The van der Waals surface area contributed by atoms with E-state index in [2.05, 4.69) is 37.0 Å². The second kappa shape index (κ2) is 6.00. The van der Waals surface area contributed by atoms with Crippen LogP contribution in [-0.2, 0) is 0 Å². The molecule has 0 aromatic heterocycles. The van der Waals surface area contributed by atoms with Gasteiger partial charge in [-0.3, -0.25) is 0 Å². The second-order valence-corrected chi connectivity index (χ2v) is 6.34. The molecule has 2 rings (SSSR count). The summed E-state index contributed by atoms with van der Waals surface area (Å²) in [6.07, 6.45) is 0.715. The third-order valence-electron chi connectivity index (χ3n) is 3.92. The highest BCUT2D eigenvalue weighted by Gasteiger charge is 2.39. The van der Waals surface area contributed by atoms with Gasteiger partial charge < -0.3 is 10.0 Å². The molecule has 1 heterocycles. The molecule has 2 nitrogen and oxygen atoms in total. The summed E-state index contributed by atoms with van der Waals surface area (Å²) in [5.41, 5.74) is -0.853. The zero-order valence-corrected chi connectivity index (χ0v) is 12.6. The van der Waals surface area contributed by atoms with E-state index in [1.54, 1.807) is 0 Å². The molecule has 1 fully saturated rings. The molecule has 102 valence electrons. The van der Waals surface area contributed by atoms with Crippen LogP contribution in [0.5, 0.6) is 0 Å². The van der Waals surface area contributed by atoms with Crippen LogP contribution in [0.3, 0.4) is 0 Å². The molecular formula is C16H21NOS. The van der Waals surface area contributed by atoms with Crippen LogP contribution in [0.4, 0.5) is 0 Å². The van der Waals surface area contributed by atoms with Gasteiger partial charge in [-0.2, -0.15) is 0 Å². The number of hydrogen-bond donors (Lipinski definition) is 1. The molecule has 1 aliphatic heterocycles. The Morgan fingerprint density at radius 2 is 2.00 bits per heavy atom. The smallest absolute Gasteiger partial charge is 0.131 e. The number of benzene rings is 1. The molecule has 19 heavy (non-hydrogen) atoms. The number of piperidine rings is 1. The molecule has 0 aliphatic carbocycles. The monoisotopic (exact) mass is 275 g/mol. The van der Waals surface area contributed by atoms with Gasteiger partial charge in [-0.1, -0.05) is 31.0 Å². The Bertz CT molecular complexity index is 479. The van der Waals surface area contributed by atoms with Crippen LogP contribution < -0.4 is 0 Å². The highest BCUT2D eigenvalue weighted by Crippen LogP contribution is 2.30. The van der Waals surface area contributed by atoms with Crippen molar-refractivity contribution in [3.8, 4) is 11.2 Å². The van der Waals surface area contributed by atoms with Crippen molar-refractivity contribution in [2.75, 3.05) is 13.6 Å². The van der Waals surface area contributed by atoms with E-state index in [-0.39, 0.29) is 5.92 Å². The van der Waals surface area contributed by atoms with E-state index in [1.807, 2.05) is 30.3 Å². The number of rotatable bonds is 1. The predicted molar refractivity (Wildman–Crippen MR) is 80.9 cm³/mol. The number of likely N-dealkylation sites (tertiary alicyclic amines) is 1. The maximum absolute atomic E-state index is 10.7. The number of hydrogen-bond acceptors (Lipinski definition) is 3. The Balaban J connectivity index is 2.05. The summed E-state index contributed by atoms with van der Waals surface area (Å²) in [5.74, 6) is 3.27. The first kappa shape index (κ1) is 14.5. The van der Waals surface area contributed by atoms with E-state index >= 15 is 0 Å². The molecule has 3 unspecified atom stereocenters. The maximum atomic E-state index is 10.7. The van der Waals surface area contributed by atoms with E-state index in [4.69, 9.17) is 0 Å². The average Bonchev–Trinajstić information content (AvgIpc) is 2.38. The van der Waals surface area contributed by atoms with Gasteiger partial charge in [-0.25, -0.2) is 0 Å². The van der Waals surface area contributed by atoms with Crippen LogP contribution in [0, 0.1) is 17.1 Å². The Morgan fingerprint density at radius 3 is 2.68 bits per heavy atom. The van der Waals surface area contributed by atoms with Crippen LogP contribution in [0.2, 0.25) is 0 Å². The van der Waals surface area contributed by atoms with Crippen molar-refractivity contribution in [3.63, 3.8) is 0 Å². The molecule has 1 aromatic rings. The van der Waals surface area contributed by atoms with Crippen molar-refractivity contribution < 1.29 is 5.11 Å². The highest BCUT2D eigenvalue weighted by molar-refractivity contribution is 8.03. The maximum Gasteiger partial charge on any atom is 0.131 e. The van der Waals surface area contributed by atoms with Crippen LogP contribution >= 0.6 is 11.8 Å². The Labute approximate surface area is 120 Å². The van der Waals surface area contributed by atoms with Crippen molar-refractivity contribution in [2.45, 2.75) is 36.8 Å². The summed E-state index contributed by atoms with van der Waals surface area (Å²) in [6.45, 7) is 5.11. The first-order valence-electron chi connectivity index (χ1n) is 6.68. The number of aliphatic hydroxyl groups is 1. The summed E-state index contributed by atoms with van der Waals surface area (Å²) in [5, 5.41) is 13.8. The van der Waals surface area contributed by atoms with E-state index in [1.165, 1.54) is 11.8 Å². The minimum absolute atomic E-state index is 0.178. The SMILES string of the molecule is CC1CC(O)(C#CSc2ccccc2)C(C)CN1C. The molecule has 0 radical (unpaired) electrons.